The summed E-state index contributed by atoms with van der Waals surface area (Å²) in [5.41, 5.74) is 0.821. The van der Waals surface area contributed by atoms with Crippen LogP contribution in [0.15, 0.2) is 24.3 Å². The van der Waals surface area contributed by atoms with Crippen molar-refractivity contribution in [1.29, 1.82) is 0 Å². The molecule has 14 heavy (non-hydrogen) atoms. The molecule has 0 fully saturated rings. The van der Waals surface area contributed by atoms with Crippen molar-refractivity contribution in [2.24, 2.45) is 0 Å². The number of rotatable bonds is 4. The summed E-state index contributed by atoms with van der Waals surface area (Å²) in [6.07, 6.45) is 0.288. The molecular formula is C9H12O4S. The Morgan fingerprint density at radius 2 is 2.14 bits per heavy atom. The lowest BCUT2D eigenvalue weighted by Crippen LogP contribution is -2.06. The van der Waals surface area contributed by atoms with Gasteiger partial charge in [0.1, 0.15) is 5.75 Å². The molecule has 78 valence electrons. The zero-order chi connectivity index (χ0) is 10.6. The van der Waals surface area contributed by atoms with Crippen molar-refractivity contribution < 1.29 is 17.7 Å². The SMILES string of the molecule is COc1cccc(CCS(=O)(=O)O)c1. The van der Waals surface area contributed by atoms with Gasteiger partial charge in [0.05, 0.1) is 12.9 Å². The van der Waals surface area contributed by atoms with E-state index in [-0.39, 0.29) is 12.2 Å². The van der Waals surface area contributed by atoms with Crippen LogP contribution in [0.5, 0.6) is 5.75 Å². The van der Waals surface area contributed by atoms with E-state index >= 15 is 0 Å². The van der Waals surface area contributed by atoms with Crippen LogP contribution in [-0.4, -0.2) is 25.8 Å². The Bertz CT molecular complexity index is 397. The summed E-state index contributed by atoms with van der Waals surface area (Å²) >= 11 is 0. The van der Waals surface area contributed by atoms with Crippen molar-refractivity contribution >= 4 is 10.1 Å². The molecule has 1 N–H and O–H groups in total. The smallest absolute Gasteiger partial charge is 0.265 e. The predicted molar refractivity (Wildman–Crippen MR) is 53.1 cm³/mol. The van der Waals surface area contributed by atoms with Crippen LogP contribution >= 0.6 is 0 Å². The normalized spacial score (nSPS) is 11.3. The Morgan fingerprint density at radius 1 is 1.43 bits per heavy atom. The largest absolute Gasteiger partial charge is 0.497 e. The zero-order valence-corrected chi connectivity index (χ0v) is 8.62. The van der Waals surface area contributed by atoms with Crippen LogP contribution in [0.25, 0.3) is 0 Å². The maximum atomic E-state index is 10.5. The fourth-order valence-corrected chi connectivity index (χ4v) is 1.57. The molecule has 0 radical (unpaired) electrons. The molecular weight excluding hydrogens is 204 g/mol. The van der Waals surface area contributed by atoms with Crippen molar-refractivity contribution in [2.75, 3.05) is 12.9 Å². The number of hydrogen-bond acceptors (Lipinski definition) is 3. The Balaban J connectivity index is 2.68. The number of ether oxygens (including phenoxy) is 1. The highest BCUT2D eigenvalue weighted by atomic mass is 32.2. The zero-order valence-electron chi connectivity index (χ0n) is 7.80. The van der Waals surface area contributed by atoms with E-state index in [1.807, 2.05) is 0 Å². The molecule has 0 aliphatic carbocycles. The summed E-state index contributed by atoms with van der Waals surface area (Å²) in [7, 11) is -2.34. The van der Waals surface area contributed by atoms with Gasteiger partial charge < -0.3 is 4.74 Å². The Morgan fingerprint density at radius 3 is 2.71 bits per heavy atom. The summed E-state index contributed by atoms with van der Waals surface area (Å²) in [5, 5.41) is 0. The van der Waals surface area contributed by atoms with Gasteiger partial charge in [-0.15, -0.1) is 0 Å². The van der Waals surface area contributed by atoms with Crippen molar-refractivity contribution in [1.82, 2.24) is 0 Å². The van der Waals surface area contributed by atoms with E-state index in [0.29, 0.717) is 5.75 Å². The molecule has 0 aliphatic heterocycles. The van der Waals surface area contributed by atoms with Crippen molar-refractivity contribution in [3.63, 3.8) is 0 Å². The summed E-state index contributed by atoms with van der Waals surface area (Å²) in [4.78, 5) is 0. The lowest BCUT2D eigenvalue weighted by Gasteiger charge is -2.02. The van der Waals surface area contributed by atoms with Crippen molar-refractivity contribution in [3.05, 3.63) is 29.8 Å². The van der Waals surface area contributed by atoms with Gasteiger partial charge in [0.15, 0.2) is 0 Å². The average molecular weight is 216 g/mol. The topological polar surface area (TPSA) is 63.6 Å². The minimum Gasteiger partial charge on any atom is -0.497 e. The standard InChI is InChI=1S/C9H12O4S/c1-13-9-4-2-3-8(7-9)5-6-14(10,11)12/h2-4,7H,5-6H2,1H3,(H,10,11,12). The second-order valence-electron chi connectivity index (χ2n) is 2.89. The first-order chi connectivity index (χ1) is 6.51. The second kappa shape index (κ2) is 4.43. The van der Waals surface area contributed by atoms with E-state index < -0.39 is 10.1 Å². The predicted octanol–water partition coefficient (Wildman–Crippen LogP) is 1.13. The van der Waals surface area contributed by atoms with Crippen LogP contribution in [0.4, 0.5) is 0 Å². The first-order valence-corrected chi connectivity index (χ1v) is 5.70. The third-order valence-corrected chi connectivity index (χ3v) is 2.50. The van der Waals surface area contributed by atoms with Gasteiger partial charge in [0.2, 0.25) is 0 Å². The minimum atomic E-state index is -3.88. The van der Waals surface area contributed by atoms with Gasteiger partial charge in [0.25, 0.3) is 10.1 Å². The van der Waals surface area contributed by atoms with Crippen LogP contribution in [0.3, 0.4) is 0 Å². The van der Waals surface area contributed by atoms with Crippen LogP contribution in [0.2, 0.25) is 0 Å². The molecule has 5 heteroatoms. The van der Waals surface area contributed by atoms with Gasteiger partial charge in [-0.3, -0.25) is 4.55 Å². The van der Waals surface area contributed by atoms with Crippen LogP contribution < -0.4 is 4.74 Å². The molecule has 1 aromatic rings. The molecule has 1 aromatic carbocycles. The van der Waals surface area contributed by atoms with Gasteiger partial charge in [-0.2, -0.15) is 8.42 Å². The van der Waals surface area contributed by atoms with Gasteiger partial charge in [0, 0.05) is 0 Å². The third-order valence-electron chi connectivity index (χ3n) is 1.78. The molecule has 0 spiro atoms. The Hall–Kier alpha value is -1.07. The van der Waals surface area contributed by atoms with E-state index in [0.717, 1.165) is 5.56 Å². The number of methoxy groups -OCH3 is 1. The molecule has 0 saturated carbocycles. The molecule has 1 rings (SSSR count). The third kappa shape index (κ3) is 3.76. The lowest BCUT2D eigenvalue weighted by molar-refractivity contribution is 0.414. The number of aryl methyl sites for hydroxylation is 1. The summed E-state index contributed by atoms with van der Waals surface area (Å²) < 4.78 is 34.5. The monoisotopic (exact) mass is 216 g/mol. The Kier molecular flexibility index (Phi) is 3.49. The van der Waals surface area contributed by atoms with E-state index in [1.165, 1.54) is 0 Å². The maximum Gasteiger partial charge on any atom is 0.265 e. The Labute approximate surface area is 83.3 Å². The van der Waals surface area contributed by atoms with Gasteiger partial charge in [-0.1, -0.05) is 12.1 Å². The first-order valence-electron chi connectivity index (χ1n) is 4.09. The molecule has 0 unspecified atom stereocenters. The molecule has 0 saturated heterocycles. The molecule has 4 nitrogen and oxygen atoms in total. The molecule has 0 amide bonds. The molecule has 0 aliphatic rings. The maximum absolute atomic E-state index is 10.5. The van der Waals surface area contributed by atoms with Crippen molar-refractivity contribution in [3.8, 4) is 5.75 Å². The summed E-state index contributed by atoms with van der Waals surface area (Å²) in [6.45, 7) is 0. The number of benzene rings is 1. The van der Waals surface area contributed by atoms with Crippen LogP contribution in [0, 0.1) is 0 Å². The van der Waals surface area contributed by atoms with E-state index in [9.17, 15) is 8.42 Å². The summed E-state index contributed by atoms with van der Waals surface area (Å²) in [5.74, 6) is 0.415. The van der Waals surface area contributed by atoms with E-state index in [4.69, 9.17) is 9.29 Å². The summed E-state index contributed by atoms with van der Waals surface area (Å²) in [6, 6.07) is 7.08. The highest BCUT2D eigenvalue weighted by Crippen LogP contribution is 2.13. The van der Waals surface area contributed by atoms with Gasteiger partial charge in [-0.25, -0.2) is 0 Å². The molecule has 0 atom stereocenters. The average Bonchev–Trinajstić information content (AvgIpc) is 2.14. The molecule has 0 heterocycles. The van der Waals surface area contributed by atoms with Crippen molar-refractivity contribution in [2.45, 2.75) is 6.42 Å². The fourth-order valence-electron chi connectivity index (χ4n) is 1.07. The minimum absolute atomic E-state index is 0.264. The fraction of sp³-hybridized carbons (Fsp3) is 0.333. The van der Waals surface area contributed by atoms with Gasteiger partial charge in [-0.05, 0) is 24.1 Å². The first kappa shape index (κ1) is 11.0. The molecule has 0 aromatic heterocycles. The second-order valence-corrected chi connectivity index (χ2v) is 4.46. The highest BCUT2D eigenvalue weighted by molar-refractivity contribution is 7.85. The van der Waals surface area contributed by atoms with E-state index in [1.54, 1.807) is 31.4 Å². The van der Waals surface area contributed by atoms with Crippen LogP contribution in [0.1, 0.15) is 5.56 Å². The molecule has 0 bridgehead atoms. The lowest BCUT2D eigenvalue weighted by atomic mass is 10.2. The van der Waals surface area contributed by atoms with Gasteiger partial charge >= 0.3 is 0 Å². The number of hydrogen-bond donors (Lipinski definition) is 1. The van der Waals surface area contributed by atoms with Crippen LogP contribution in [-0.2, 0) is 16.5 Å². The quantitative estimate of drug-likeness (QED) is 0.766. The van der Waals surface area contributed by atoms with E-state index in [2.05, 4.69) is 0 Å². The highest BCUT2D eigenvalue weighted by Gasteiger charge is 2.05.